The van der Waals surface area contributed by atoms with Crippen LogP contribution in [-0.4, -0.2) is 46.9 Å². The van der Waals surface area contributed by atoms with Gasteiger partial charge in [0.1, 0.15) is 6.04 Å². The highest BCUT2D eigenvalue weighted by Crippen LogP contribution is 2.32. The maximum absolute atomic E-state index is 11.9. The lowest BCUT2D eigenvalue weighted by molar-refractivity contribution is -0.149. The molecule has 2 rings (SSSR count). The molecule has 6 nitrogen and oxygen atoms in total. The molecule has 2 N–H and O–H groups in total. The predicted octanol–water partition coefficient (Wildman–Crippen LogP) is -0.802. The Labute approximate surface area is 92.6 Å². The fourth-order valence-corrected chi connectivity index (χ4v) is 1.91. The Hall–Kier alpha value is -1.59. The highest BCUT2D eigenvalue weighted by Gasteiger charge is 2.40. The van der Waals surface area contributed by atoms with Crippen molar-refractivity contribution in [2.24, 2.45) is 5.92 Å². The van der Waals surface area contributed by atoms with Gasteiger partial charge in [0.15, 0.2) is 0 Å². The van der Waals surface area contributed by atoms with E-state index in [-0.39, 0.29) is 24.2 Å². The number of carbonyl (C=O) groups is 3. The summed E-state index contributed by atoms with van der Waals surface area (Å²) in [6.45, 7) is 0.826. The fraction of sp³-hybridized carbons (Fsp3) is 0.700. The monoisotopic (exact) mass is 226 g/mol. The quantitative estimate of drug-likeness (QED) is 0.659. The van der Waals surface area contributed by atoms with E-state index in [9.17, 15) is 14.4 Å². The Kier molecular flexibility index (Phi) is 2.80. The van der Waals surface area contributed by atoms with Gasteiger partial charge in [-0.25, -0.2) is 0 Å². The summed E-state index contributed by atoms with van der Waals surface area (Å²) in [4.78, 5) is 35.4. The molecule has 2 amide bonds. The number of nitrogens with zero attached hydrogens (tertiary/aromatic N) is 1. The number of carboxylic acid groups (broad SMARTS) is 1. The predicted molar refractivity (Wildman–Crippen MR) is 53.5 cm³/mol. The first-order valence-electron chi connectivity index (χ1n) is 5.39. The molecule has 1 aliphatic carbocycles. The van der Waals surface area contributed by atoms with E-state index in [1.165, 1.54) is 4.90 Å². The van der Waals surface area contributed by atoms with Crippen LogP contribution in [0.3, 0.4) is 0 Å². The molecule has 16 heavy (non-hydrogen) atoms. The minimum Gasteiger partial charge on any atom is -0.481 e. The maximum Gasteiger partial charge on any atom is 0.305 e. The summed E-state index contributed by atoms with van der Waals surface area (Å²) in [5, 5.41) is 11.3. The van der Waals surface area contributed by atoms with Gasteiger partial charge in [-0.1, -0.05) is 0 Å². The van der Waals surface area contributed by atoms with E-state index in [1.807, 2.05) is 0 Å². The number of aliphatic carboxylic acids is 1. The molecule has 1 unspecified atom stereocenters. The number of carbonyl (C=O) groups excluding carboxylic acids is 2. The van der Waals surface area contributed by atoms with Crippen molar-refractivity contribution >= 4 is 17.8 Å². The number of piperazine rings is 1. The lowest BCUT2D eigenvalue weighted by atomic mass is 10.1. The smallest absolute Gasteiger partial charge is 0.305 e. The van der Waals surface area contributed by atoms with E-state index in [2.05, 4.69) is 5.32 Å². The summed E-state index contributed by atoms with van der Waals surface area (Å²) in [6.07, 6.45) is 1.40. The molecule has 2 fully saturated rings. The molecule has 88 valence electrons. The summed E-state index contributed by atoms with van der Waals surface area (Å²) in [7, 11) is 0. The van der Waals surface area contributed by atoms with Crippen LogP contribution in [0.4, 0.5) is 0 Å². The first-order valence-corrected chi connectivity index (χ1v) is 5.39. The van der Waals surface area contributed by atoms with Crippen LogP contribution in [0.15, 0.2) is 0 Å². The molecular formula is C10H14N2O4. The van der Waals surface area contributed by atoms with E-state index < -0.39 is 12.0 Å². The number of rotatable bonds is 3. The zero-order chi connectivity index (χ0) is 11.7. The molecule has 1 saturated heterocycles. The molecule has 1 heterocycles. The SMILES string of the molecule is O=C(O)CC1C(=O)NCCN1C(=O)C1CC1. The number of amides is 2. The van der Waals surface area contributed by atoms with Gasteiger partial charge in [-0.05, 0) is 12.8 Å². The average Bonchev–Trinajstić information content (AvgIpc) is 3.03. The summed E-state index contributed by atoms with van der Waals surface area (Å²) >= 11 is 0. The van der Waals surface area contributed by atoms with Crippen molar-refractivity contribution in [1.82, 2.24) is 10.2 Å². The van der Waals surface area contributed by atoms with Gasteiger partial charge in [-0.2, -0.15) is 0 Å². The molecule has 0 bridgehead atoms. The number of carboxylic acids is 1. The Morgan fingerprint density at radius 1 is 1.44 bits per heavy atom. The molecule has 2 aliphatic rings. The van der Waals surface area contributed by atoms with Crippen LogP contribution < -0.4 is 5.32 Å². The van der Waals surface area contributed by atoms with Crippen LogP contribution in [0.25, 0.3) is 0 Å². The molecular weight excluding hydrogens is 212 g/mol. The lowest BCUT2D eigenvalue weighted by Gasteiger charge is -2.34. The molecule has 0 aromatic rings. The van der Waals surface area contributed by atoms with Crippen molar-refractivity contribution in [3.8, 4) is 0 Å². The Morgan fingerprint density at radius 2 is 2.12 bits per heavy atom. The van der Waals surface area contributed by atoms with Crippen LogP contribution in [0.2, 0.25) is 0 Å². The fourth-order valence-electron chi connectivity index (χ4n) is 1.91. The Morgan fingerprint density at radius 3 is 2.69 bits per heavy atom. The van der Waals surface area contributed by atoms with Crippen molar-refractivity contribution in [3.63, 3.8) is 0 Å². The molecule has 0 aromatic heterocycles. The molecule has 0 radical (unpaired) electrons. The van der Waals surface area contributed by atoms with E-state index in [0.29, 0.717) is 13.1 Å². The zero-order valence-electron chi connectivity index (χ0n) is 8.81. The molecule has 1 aliphatic heterocycles. The van der Waals surface area contributed by atoms with Gasteiger partial charge in [-0.3, -0.25) is 14.4 Å². The van der Waals surface area contributed by atoms with Crippen molar-refractivity contribution in [2.75, 3.05) is 13.1 Å². The summed E-state index contributed by atoms with van der Waals surface area (Å²) in [5.41, 5.74) is 0. The first-order chi connectivity index (χ1) is 7.59. The summed E-state index contributed by atoms with van der Waals surface area (Å²) < 4.78 is 0. The van der Waals surface area contributed by atoms with Gasteiger partial charge in [0, 0.05) is 19.0 Å². The third kappa shape index (κ3) is 2.15. The number of hydrogen-bond acceptors (Lipinski definition) is 3. The summed E-state index contributed by atoms with van der Waals surface area (Å²) in [5.74, 6) is -1.47. The van der Waals surface area contributed by atoms with Gasteiger partial charge >= 0.3 is 5.97 Å². The summed E-state index contributed by atoms with van der Waals surface area (Å²) in [6, 6.07) is -0.834. The van der Waals surface area contributed by atoms with Crippen LogP contribution in [0.5, 0.6) is 0 Å². The van der Waals surface area contributed by atoms with Crippen LogP contribution >= 0.6 is 0 Å². The number of hydrogen-bond donors (Lipinski definition) is 2. The second kappa shape index (κ2) is 4.11. The second-order valence-corrected chi connectivity index (χ2v) is 4.21. The third-order valence-corrected chi connectivity index (χ3v) is 2.91. The van der Waals surface area contributed by atoms with E-state index in [1.54, 1.807) is 0 Å². The van der Waals surface area contributed by atoms with E-state index in [4.69, 9.17) is 5.11 Å². The third-order valence-electron chi connectivity index (χ3n) is 2.91. The second-order valence-electron chi connectivity index (χ2n) is 4.21. The lowest BCUT2D eigenvalue weighted by Crippen LogP contribution is -2.58. The first kappa shape index (κ1) is 10.9. The number of nitrogens with one attached hydrogen (secondary N) is 1. The van der Waals surface area contributed by atoms with Crippen LogP contribution in [0.1, 0.15) is 19.3 Å². The van der Waals surface area contributed by atoms with Crippen molar-refractivity contribution in [1.29, 1.82) is 0 Å². The highest BCUT2D eigenvalue weighted by atomic mass is 16.4. The average molecular weight is 226 g/mol. The standard InChI is InChI=1S/C10H14N2O4/c13-8(14)5-7-9(15)11-3-4-12(7)10(16)6-1-2-6/h6-7H,1-5H2,(H,11,15)(H,13,14). The van der Waals surface area contributed by atoms with Crippen LogP contribution in [-0.2, 0) is 14.4 Å². The molecule has 1 atom stereocenters. The van der Waals surface area contributed by atoms with Gasteiger partial charge in [0.2, 0.25) is 11.8 Å². The highest BCUT2D eigenvalue weighted by molar-refractivity contribution is 5.92. The minimum atomic E-state index is -1.06. The molecule has 0 spiro atoms. The Bertz CT molecular complexity index is 338. The van der Waals surface area contributed by atoms with E-state index >= 15 is 0 Å². The van der Waals surface area contributed by atoms with Gasteiger partial charge < -0.3 is 15.3 Å². The minimum absolute atomic E-state index is 0.0159. The molecule has 6 heteroatoms. The van der Waals surface area contributed by atoms with Crippen molar-refractivity contribution in [2.45, 2.75) is 25.3 Å². The zero-order valence-corrected chi connectivity index (χ0v) is 8.81. The Balaban J connectivity index is 2.09. The van der Waals surface area contributed by atoms with Gasteiger partial charge in [0.05, 0.1) is 6.42 Å². The maximum atomic E-state index is 11.9. The molecule has 1 saturated carbocycles. The topological polar surface area (TPSA) is 86.7 Å². The normalized spacial score (nSPS) is 25.1. The van der Waals surface area contributed by atoms with Crippen molar-refractivity contribution < 1.29 is 19.5 Å². The largest absolute Gasteiger partial charge is 0.481 e. The van der Waals surface area contributed by atoms with Crippen molar-refractivity contribution in [3.05, 3.63) is 0 Å². The van der Waals surface area contributed by atoms with Gasteiger partial charge in [0.25, 0.3) is 0 Å². The molecule has 0 aromatic carbocycles. The van der Waals surface area contributed by atoms with Gasteiger partial charge in [-0.15, -0.1) is 0 Å². The van der Waals surface area contributed by atoms with Crippen LogP contribution in [0, 0.1) is 5.92 Å². The van der Waals surface area contributed by atoms with E-state index in [0.717, 1.165) is 12.8 Å².